The molecule has 5 heteroatoms. The molecule has 76 valence electrons. The maximum Gasteiger partial charge on any atom is 0.181 e. The van der Waals surface area contributed by atoms with Crippen molar-refractivity contribution in [3.8, 4) is 6.07 Å². The van der Waals surface area contributed by atoms with Gasteiger partial charge >= 0.3 is 0 Å². The SMILES string of the molecule is N#Cc1ccc(C=O)c(F)c1C(=O)CCl. The highest BCUT2D eigenvalue weighted by Gasteiger charge is 2.18. The Morgan fingerprint density at radius 1 is 1.60 bits per heavy atom. The van der Waals surface area contributed by atoms with E-state index in [1.165, 1.54) is 6.07 Å². The molecule has 0 heterocycles. The van der Waals surface area contributed by atoms with E-state index in [9.17, 15) is 14.0 Å². The van der Waals surface area contributed by atoms with E-state index in [1.54, 1.807) is 6.07 Å². The van der Waals surface area contributed by atoms with Crippen LogP contribution in [0.1, 0.15) is 26.3 Å². The first-order chi connectivity index (χ1) is 7.15. The minimum atomic E-state index is -0.991. The summed E-state index contributed by atoms with van der Waals surface area (Å²) in [6.45, 7) is 0. The molecular weight excluding hydrogens is 221 g/mol. The lowest BCUT2D eigenvalue weighted by Gasteiger charge is -2.03. The minimum absolute atomic E-state index is 0.122. The van der Waals surface area contributed by atoms with Crippen molar-refractivity contribution in [3.05, 3.63) is 34.6 Å². The molecule has 0 N–H and O–H groups in total. The van der Waals surface area contributed by atoms with Crippen LogP contribution in [0.15, 0.2) is 12.1 Å². The standard InChI is InChI=1S/C10H5ClFNO2/c11-3-8(15)9-6(4-13)1-2-7(5-14)10(9)12/h1-2,5H,3H2. The number of Topliss-reactive ketones (excluding diaryl/α,β-unsaturated/α-hetero) is 1. The predicted octanol–water partition coefficient (Wildman–Crippen LogP) is 1.93. The van der Waals surface area contributed by atoms with Crippen LogP contribution >= 0.6 is 11.6 Å². The fourth-order valence-electron chi connectivity index (χ4n) is 1.12. The van der Waals surface area contributed by atoms with Crippen molar-refractivity contribution < 1.29 is 14.0 Å². The van der Waals surface area contributed by atoms with Crippen LogP contribution in [0.25, 0.3) is 0 Å². The van der Waals surface area contributed by atoms with E-state index < -0.39 is 23.0 Å². The van der Waals surface area contributed by atoms with Crippen LogP contribution in [0.5, 0.6) is 0 Å². The van der Waals surface area contributed by atoms with Crippen LogP contribution in [0.2, 0.25) is 0 Å². The van der Waals surface area contributed by atoms with Crippen LogP contribution in [0.3, 0.4) is 0 Å². The van der Waals surface area contributed by atoms with Gasteiger partial charge in [-0.1, -0.05) is 0 Å². The Morgan fingerprint density at radius 3 is 2.73 bits per heavy atom. The van der Waals surface area contributed by atoms with E-state index in [2.05, 4.69) is 0 Å². The highest BCUT2D eigenvalue weighted by atomic mass is 35.5. The molecule has 0 bridgehead atoms. The van der Waals surface area contributed by atoms with Crippen LogP contribution in [-0.2, 0) is 0 Å². The summed E-state index contributed by atoms with van der Waals surface area (Å²) in [5, 5.41) is 8.65. The van der Waals surface area contributed by atoms with Gasteiger partial charge in [-0.3, -0.25) is 9.59 Å². The number of aldehydes is 1. The van der Waals surface area contributed by atoms with Gasteiger partial charge in [-0.15, -0.1) is 11.6 Å². The van der Waals surface area contributed by atoms with Crippen molar-refractivity contribution in [2.45, 2.75) is 0 Å². The average Bonchev–Trinajstić information content (AvgIpc) is 2.27. The quantitative estimate of drug-likeness (QED) is 0.449. The maximum absolute atomic E-state index is 13.5. The largest absolute Gasteiger partial charge is 0.298 e. The summed E-state index contributed by atoms with van der Waals surface area (Å²) in [6.07, 6.45) is 0.279. The highest BCUT2D eigenvalue weighted by molar-refractivity contribution is 6.30. The van der Waals surface area contributed by atoms with E-state index in [0.717, 1.165) is 6.07 Å². The van der Waals surface area contributed by atoms with Gasteiger partial charge in [0.15, 0.2) is 12.1 Å². The van der Waals surface area contributed by atoms with Gasteiger partial charge in [0.2, 0.25) is 0 Å². The van der Waals surface area contributed by atoms with E-state index >= 15 is 0 Å². The Kier molecular flexibility index (Phi) is 3.53. The third kappa shape index (κ3) is 2.03. The molecule has 3 nitrogen and oxygen atoms in total. The highest BCUT2D eigenvalue weighted by Crippen LogP contribution is 2.17. The molecule has 0 saturated carbocycles. The van der Waals surface area contributed by atoms with Gasteiger partial charge < -0.3 is 0 Å². The Labute approximate surface area is 90.1 Å². The second-order valence-corrected chi connectivity index (χ2v) is 2.95. The third-order valence-electron chi connectivity index (χ3n) is 1.82. The third-order valence-corrected chi connectivity index (χ3v) is 2.06. The molecule has 0 saturated heterocycles. The second-order valence-electron chi connectivity index (χ2n) is 2.68. The van der Waals surface area contributed by atoms with E-state index in [-0.39, 0.29) is 17.4 Å². The fraction of sp³-hybridized carbons (Fsp3) is 0.100. The molecule has 0 amide bonds. The molecule has 0 atom stereocenters. The maximum atomic E-state index is 13.5. The van der Waals surface area contributed by atoms with Gasteiger partial charge in [0.25, 0.3) is 0 Å². The van der Waals surface area contributed by atoms with Crippen molar-refractivity contribution in [2.75, 3.05) is 5.88 Å². The topological polar surface area (TPSA) is 57.9 Å². The molecular formula is C10H5ClFNO2. The molecule has 0 radical (unpaired) electrons. The molecule has 0 aliphatic heterocycles. The molecule has 15 heavy (non-hydrogen) atoms. The number of hydrogen-bond donors (Lipinski definition) is 0. The lowest BCUT2D eigenvalue weighted by molar-refractivity contribution is 0.101. The van der Waals surface area contributed by atoms with Gasteiger partial charge in [0.05, 0.1) is 28.6 Å². The monoisotopic (exact) mass is 225 g/mol. The number of carbonyl (C=O) groups is 2. The molecule has 0 aliphatic rings. The molecule has 0 aromatic heterocycles. The molecule has 0 fully saturated rings. The summed E-state index contributed by atoms with van der Waals surface area (Å²) < 4.78 is 13.5. The number of nitriles is 1. The van der Waals surface area contributed by atoms with E-state index in [0.29, 0.717) is 0 Å². The summed E-state index contributed by atoms with van der Waals surface area (Å²) in [7, 11) is 0. The van der Waals surface area contributed by atoms with Crippen LogP contribution in [-0.4, -0.2) is 17.9 Å². The predicted molar refractivity (Wildman–Crippen MR) is 51.6 cm³/mol. The summed E-state index contributed by atoms with van der Waals surface area (Å²) in [5.74, 6) is -2.14. The molecule has 0 unspecified atom stereocenters. The number of hydrogen-bond acceptors (Lipinski definition) is 3. The van der Waals surface area contributed by atoms with Gasteiger partial charge in [0, 0.05) is 0 Å². The Balaban J connectivity index is 3.51. The van der Waals surface area contributed by atoms with E-state index in [1.807, 2.05) is 0 Å². The van der Waals surface area contributed by atoms with Gasteiger partial charge in [-0.25, -0.2) is 4.39 Å². The smallest absolute Gasteiger partial charge is 0.181 e. The lowest BCUT2D eigenvalue weighted by atomic mass is 10.0. The average molecular weight is 226 g/mol. The van der Waals surface area contributed by atoms with Gasteiger partial charge in [0.1, 0.15) is 5.82 Å². The summed E-state index contributed by atoms with van der Waals surface area (Å²) >= 11 is 5.27. The zero-order valence-electron chi connectivity index (χ0n) is 7.46. The first-order valence-electron chi connectivity index (χ1n) is 3.92. The molecule has 1 rings (SSSR count). The summed E-state index contributed by atoms with van der Waals surface area (Å²) in [4.78, 5) is 21.7. The molecule has 0 aliphatic carbocycles. The van der Waals surface area contributed by atoms with Crippen molar-refractivity contribution >= 4 is 23.7 Å². The molecule has 0 spiro atoms. The van der Waals surface area contributed by atoms with E-state index in [4.69, 9.17) is 16.9 Å². The number of nitrogens with zero attached hydrogens (tertiary/aromatic N) is 1. The second kappa shape index (κ2) is 4.67. The lowest BCUT2D eigenvalue weighted by Crippen LogP contribution is -2.09. The van der Waals surface area contributed by atoms with Gasteiger partial charge in [-0.05, 0) is 12.1 Å². The summed E-state index contributed by atoms with van der Waals surface area (Å²) in [5.41, 5.74) is -0.802. The Hall–Kier alpha value is -1.73. The number of benzene rings is 1. The van der Waals surface area contributed by atoms with Crippen LogP contribution in [0.4, 0.5) is 4.39 Å². The van der Waals surface area contributed by atoms with Gasteiger partial charge in [-0.2, -0.15) is 5.26 Å². The zero-order chi connectivity index (χ0) is 11.4. The van der Waals surface area contributed by atoms with Crippen molar-refractivity contribution in [1.29, 1.82) is 5.26 Å². The Bertz CT molecular complexity index is 465. The number of halogens is 2. The summed E-state index contributed by atoms with van der Waals surface area (Å²) in [6, 6.07) is 4.03. The van der Waals surface area contributed by atoms with Crippen molar-refractivity contribution in [1.82, 2.24) is 0 Å². The van der Waals surface area contributed by atoms with Crippen LogP contribution in [0, 0.1) is 17.1 Å². The zero-order valence-corrected chi connectivity index (χ0v) is 8.21. The van der Waals surface area contributed by atoms with Crippen molar-refractivity contribution in [3.63, 3.8) is 0 Å². The molecule has 1 aromatic rings. The molecule has 1 aromatic carbocycles. The number of ketones is 1. The first-order valence-corrected chi connectivity index (χ1v) is 4.46. The number of carbonyl (C=O) groups excluding carboxylic acids is 2. The number of alkyl halides is 1. The normalized spacial score (nSPS) is 9.40. The fourth-order valence-corrected chi connectivity index (χ4v) is 1.25. The van der Waals surface area contributed by atoms with Crippen LogP contribution < -0.4 is 0 Å². The minimum Gasteiger partial charge on any atom is -0.298 e. The first kappa shape index (κ1) is 11.3. The Morgan fingerprint density at radius 2 is 2.27 bits per heavy atom. The van der Waals surface area contributed by atoms with Crippen molar-refractivity contribution in [2.24, 2.45) is 0 Å². The number of rotatable bonds is 3.